The molecule has 0 radical (unpaired) electrons. The van der Waals surface area contributed by atoms with Crippen LogP contribution < -0.4 is 5.32 Å². The smallest absolute Gasteiger partial charge is 0.241 e. The van der Waals surface area contributed by atoms with E-state index in [-0.39, 0.29) is 0 Å². The minimum absolute atomic E-state index is 0.510. The predicted molar refractivity (Wildman–Crippen MR) is 70.4 cm³/mol. The second kappa shape index (κ2) is 5.17. The topological polar surface area (TPSA) is 54.2 Å². The highest BCUT2D eigenvalue weighted by molar-refractivity contribution is 7.13. The molecule has 0 bridgehead atoms. The van der Waals surface area contributed by atoms with Crippen molar-refractivity contribution in [3.8, 4) is 10.7 Å². The summed E-state index contributed by atoms with van der Waals surface area (Å²) in [7, 11) is 0. The van der Waals surface area contributed by atoms with Gasteiger partial charge in [0.25, 0.3) is 0 Å². The Morgan fingerprint density at radius 2 is 2.56 bits per heavy atom. The van der Waals surface area contributed by atoms with Crippen molar-refractivity contribution in [2.24, 2.45) is 0 Å². The van der Waals surface area contributed by atoms with Gasteiger partial charge in [-0.15, -0.1) is 11.3 Å². The first-order valence-electron chi connectivity index (χ1n) is 6.14. The molecule has 18 heavy (non-hydrogen) atoms. The van der Waals surface area contributed by atoms with Crippen LogP contribution in [0, 0.1) is 0 Å². The van der Waals surface area contributed by atoms with E-state index in [1.165, 1.54) is 0 Å². The van der Waals surface area contributed by atoms with Crippen LogP contribution in [0.2, 0.25) is 0 Å². The summed E-state index contributed by atoms with van der Waals surface area (Å²) in [5.74, 6) is 1.40. The van der Waals surface area contributed by atoms with Gasteiger partial charge in [-0.05, 0) is 18.4 Å². The van der Waals surface area contributed by atoms with Crippen molar-refractivity contribution in [1.29, 1.82) is 0 Å². The van der Waals surface area contributed by atoms with Crippen LogP contribution in [0.1, 0.15) is 12.8 Å². The molecule has 2 aromatic heterocycles. The monoisotopic (exact) mass is 264 g/mol. The van der Waals surface area contributed by atoms with Crippen LogP contribution in [-0.4, -0.2) is 40.7 Å². The summed E-state index contributed by atoms with van der Waals surface area (Å²) in [6, 6.07) is 4.51. The molecule has 1 aliphatic heterocycles. The van der Waals surface area contributed by atoms with Gasteiger partial charge in [-0.25, -0.2) is 0 Å². The number of aromatic nitrogens is 2. The van der Waals surface area contributed by atoms with Crippen molar-refractivity contribution >= 4 is 11.3 Å². The molecule has 5 nitrogen and oxygen atoms in total. The van der Waals surface area contributed by atoms with Crippen molar-refractivity contribution in [1.82, 2.24) is 20.4 Å². The Balaban J connectivity index is 1.70. The Labute approximate surface area is 110 Å². The highest BCUT2D eigenvalue weighted by Gasteiger charge is 2.20. The molecule has 0 unspecified atom stereocenters. The first kappa shape index (κ1) is 11.8. The fourth-order valence-electron chi connectivity index (χ4n) is 2.12. The van der Waals surface area contributed by atoms with Gasteiger partial charge in [-0.2, -0.15) is 4.98 Å². The number of nitrogens with zero attached hydrogens (tertiary/aromatic N) is 3. The van der Waals surface area contributed by atoms with Crippen LogP contribution >= 0.6 is 11.3 Å². The first-order chi connectivity index (χ1) is 8.83. The van der Waals surface area contributed by atoms with Gasteiger partial charge >= 0.3 is 0 Å². The summed E-state index contributed by atoms with van der Waals surface area (Å²) in [6.07, 6.45) is 0. The molecule has 96 valence electrons. The molecule has 2 aromatic rings. The lowest BCUT2D eigenvalue weighted by Gasteiger charge is -2.32. The highest BCUT2D eigenvalue weighted by Crippen LogP contribution is 2.21. The lowest BCUT2D eigenvalue weighted by Crippen LogP contribution is -2.49. The second-order valence-corrected chi connectivity index (χ2v) is 5.46. The molecule has 1 atom stereocenters. The molecule has 1 saturated heterocycles. The Kier molecular flexibility index (Phi) is 3.40. The zero-order chi connectivity index (χ0) is 12.4. The van der Waals surface area contributed by atoms with Crippen LogP contribution in [0.15, 0.2) is 22.0 Å². The van der Waals surface area contributed by atoms with E-state index in [2.05, 4.69) is 27.3 Å². The van der Waals surface area contributed by atoms with Crippen LogP contribution in [0.4, 0.5) is 0 Å². The van der Waals surface area contributed by atoms with Crippen molar-refractivity contribution in [2.75, 3.05) is 19.6 Å². The lowest BCUT2D eigenvalue weighted by molar-refractivity contribution is 0.146. The van der Waals surface area contributed by atoms with Crippen molar-refractivity contribution < 1.29 is 4.52 Å². The van der Waals surface area contributed by atoms with E-state index in [0.717, 1.165) is 31.1 Å². The third-order valence-electron chi connectivity index (χ3n) is 3.19. The zero-order valence-electron chi connectivity index (χ0n) is 10.3. The van der Waals surface area contributed by atoms with E-state index < -0.39 is 0 Å². The average molecular weight is 264 g/mol. The number of piperazine rings is 1. The fourth-order valence-corrected chi connectivity index (χ4v) is 2.77. The molecule has 0 saturated carbocycles. The fraction of sp³-hybridized carbons (Fsp3) is 0.500. The quantitative estimate of drug-likeness (QED) is 0.912. The number of rotatable bonds is 3. The molecule has 3 rings (SSSR count). The number of thiophene rings is 1. The Morgan fingerprint density at radius 1 is 1.61 bits per heavy atom. The predicted octanol–water partition coefficient (Wildman–Crippen LogP) is 1.59. The summed E-state index contributed by atoms with van der Waals surface area (Å²) in [4.78, 5) is 7.87. The van der Waals surface area contributed by atoms with Gasteiger partial charge in [0.05, 0.1) is 11.4 Å². The summed E-state index contributed by atoms with van der Waals surface area (Å²) >= 11 is 1.63. The van der Waals surface area contributed by atoms with Gasteiger partial charge in [0.15, 0.2) is 0 Å². The third-order valence-corrected chi connectivity index (χ3v) is 4.05. The van der Waals surface area contributed by atoms with E-state index in [0.29, 0.717) is 17.8 Å². The van der Waals surface area contributed by atoms with E-state index in [4.69, 9.17) is 4.52 Å². The summed E-state index contributed by atoms with van der Waals surface area (Å²) < 4.78 is 5.32. The molecule has 0 spiro atoms. The maximum Gasteiger partial charge on any atom is 0.241 e. The zero-order valence-corrected chi connectivity index (χ0v) is 11.1. The number of hydrogen-bond donors (Lipinski definition) is 1. The minimum Gasteiger partial charge on any atom is -0.338 e. The molecular weight excluding hydrogens is 248 g/mol. The molecule has 1 N–H and O–H groups in total. The van der Waals surface area contributed by atoms with Gasteiger partial charge < -0.3 is 9.84 Å². The normalized spacial score (nSPS) is 21.3. The Hall–Kier alpha value is -1.24. The lowest BCUT2D eigenvalue weighted by atomic mass is 10.2. The average Bonchev–Trinajstić information content (AvgIpc) is 3.02. The standard InChI is InChI=1S/C12H16N4OS/c1-9-7-13-4-5-16(9)8-11-14-12(15-17-11)10-3-2-6-18-10/h2-3,6,9,13H,4-5,7-8H2,1H3/t9-/m1/s1. The van der Waals surface area contributed by atoms with E-state index >= 15 is 0 Å². The van der Waals surface area contributed by atoms with Crippen molar-refractivity contribution in [3.05, 3.63) is 23.4 Å². The number of nitrogens with one attached hydrogen (secondary N) is 1. The van der Waals surface area contributed by atoms with Gasteiger partial charge in [-0.3, -0.25) is 4.90 Å². The van der Waals surface area contributed by atoms with Gasteiger partial charge in [0, 0.05) is 25.7 Å². The Bertz CT molecular complexity index is 496. The van der Waals surface area contributed by atoms with Gasteiger partial charge in [0.2, 0.25) is 11.7 Å². The van der Waals surface area contributed by atoms with E-state index in [1.807, 2.05) is 17.5 Å². The van der Waals surface area contributed by atoms with Crippen molar-refractivity contribution in [2.45, 2.75) is 19.5 Å². The van der Waals surface area contributed by atoms with E-state index in [1.54, 1.807) is 11.3 Å². The molecule has 1 fully saturated rings. The SMILES string of the molecule is C[C@@H]1CNCCN1Cc1nc(-c2cccs2)no1. The largest absolute Gasteiger partial charge is 0.338 e. The maximum atomic E-state index is 5.32. The van der Waals surface area contributed by atoms with Gasteiger partial charge in [-0.1, -0.05) is 11.2 Å². The van der Waals surface area contributed by atoms with Gasteiger partial charge in [0.1, 0.15) is 0 Å². The third kappa shape index (κ3) is 2.45. The van der Waals surface area contributed by atoms with Crippen LogP contribution in [0.3, 0.4) is 0 Å². The summed E-state index contributed by atoms with van der Waals surface area (Å²) in [5, 5.41) is 9.42. The number of hydrogen-bond acceptors (Lipinski definition) is 6. The maximum absolute atomic E-state index is 5.32. The summed E-state index contributed by atoms with van der Waals surface area (Å²) in [5.41, 5.74) is 0. The van der Waals surface area contributed by atoms with Crippen molar-refractivity contribution in [3.63, 3.8) is 0 Å². The Morgan fingerprint density at radius 3 is 3.33 bits per heavy atom. The molecular formula is C12H16N4OS. The molecule has 3 heterocycles. The molecule has 6 heteroatoms. The molecule has 1 aliphatic rings. The molecule has 0 aromatic carbocycles. The van der Waals surface area contributed by atoms with Crippen LogP contribution in [0.25, 0.3) is 10.7 Å². The second-order valence-electron chi connectivity index (χ2n) is 4.51. The highest BCUT2D eigenvalue weighted by atomic mass is 32.1. The first-order valence-corrected chi connectivity index (χ1v) is 7.02. The molecule has 0 amide bonds. The summed E-state index contributed by atoms with van der Waals surface area (Å²) in [6.45, 7) is 6.02. The van der Waals surface area contributed by atoms with Crippen LogP contribution in [0.5, 0.6) is 0 Å². The minimum atomic E-state index is 0.510. The van der Waals surface area contributed by atoms with Crippen LogP contribution in [-0.2, 0) is 6.54 Å². The van der Waals surface area contributed by atoms with E-state index in [9.17, 15) is 0 Å². The molecule has 0 aliphatic carbocycles.